The van der Waals surface area contributed by atoms with Gasteiger partial charge in [0.1, 0.15) is 0 Å². The number of nitriles is 2. The van der Waals surface area contributed by atoms with Crippen molar-refractivity contribution in [3.8, 4) is 74.2 Å². The Kier molecular flexibility index (Phi) is 8.54. The number of benzene rings is 7. The molecule has 0 spiro atoms. The van der Waals surface area contributed by atoms with Crippen LogP contribution in [0.1, 0.15) is 11.1 Å². The standard InChI is InChI=1S/C49H26N8/c1-52-38-18-10-17-36(25-38)41-27-37(49-55-47(33-12-5-3-6-13-33)54-48(56-49)34-14-7-4-8-15-34)26-40(35-16-9-11-31(23-35)29-50)46(41)57-44-21-19-32(30-51)24-42(44)43-28-39(53-2)20-22-45(43)57/h3-28H. The van der Waals surface area contributed by atoms with Crippen LogP contribution < -0.4 is 0 Å². The van der Waals surface area contributed by atoms with Crippen LogP contribution >= 0.6 is 0 Å². The van der Waals surface area contributed by atoms with Crippen LogP contribution in [0.4, 0.5) is 11.4 Å². The van der Waals surface area contributed by atoms with Gasteiger partial charge in [-0.05, 0) is 77.2 Å². The average Bonchev–Trinajstić information content (AvgIpc) is 3.61. The van der Waals surface area contributed by atoms with Crippen molar-refractivity contribution in [2.24, 2.45) is 0 Å². The molecule has 0 atom stereocenters. The Morgan fingerprint density at radius 2 is 0.930 bits per heavy atom. The molecule has 9 aromatic rings. The topological polar surface area (TPSA) is 99.9 Å². The van der Waals surface area contributed by atoms with Gasteiger partial charge in [0.05, 0.1) is 53.1 Å². The molecular formula is C49H26N8. The Morgan fingerprint density at radius 3 is 1.53 bits per heavy atom. The van der Waals surface area contributed by atoms with E-state index in [0.717, 1.165) is 60.9 Å². The summed E-state index contributed by atoms with van der Waals surface area (Å²) in [6.07, 6.45) is 0. The zero-order chi connectivity index (χ0) is 38.9. The zero-order valence-corrected chi connectivity index (χ0v) is 30.1. The number of rotatable bonds is 6. The Morgan fingerprint density at radius 1 is 0.439 bits per heavy atom. The van der Waals surface area contributed by atoms with Crippen LogP contribution in [-0.4, -0.2) is 19.5 Å². The minimum absolute atomic E-state index is 0.442. The van der Waals surface area contributed by atoms with Gasteiger partial charge in [0, 0.05) is 33.2 Å². The molecule has 0 aliphatic carbocycles. The third kappa shape index (κ3) is 6.19. The second-order valence-electron chi connectivity index (χ2n) is 13.3. The molecule has 8 nitrogen and oxygen atoms in total. The van der Waals surface area contributed by atoms with Gasteiger partial charge >= 0.3 is 0 Å². The van der Waals surface area contributed by atoms with E-state index < -0.39 is 0 Å². The summed E-state index contributed by atoms with van der Waals surface area (Å²) < 4.78 is 2.15. The summed E-state index contributed by atoms with van der Waals surface area (Å²) >= 11 is 0. The first kappa shape index (κ1) is 34.1. The lowest BCUT2D eigenvalue weighted by molar-refractivity contribution is 1.07. The van der Waals surface area contributed by atoms with Crippen molar-refractivity contribution in [3.63, 3.8) is 0 Å². The van der Waals surface area contributed by atoms with Gasteiger partial charge in [0.25, 0.3) is 0 Å². The Bertz CT molecular complexity index is 3020. The summed E-state index contributed by atoms with van der Waals surface area (Å²) in [6, 6.07) is 54.3. The second kappa shape index (κ2) is 14.3. The van der Waals surface area contributed by atoms with Gasteiger partial charge in [-0.25, -0.2) is 24.6 Å². The molecule has 0 aliphatic heterocycles. The van der Waals surface area contributed by atoms with E-state index in [0.29, 0.717) is 45.5 Å². The van der Waals surface area contributed by atoms with E-state index in [-0.39, 0.29) is 0 Å². The number of nitrogens with zero attached hydrogens (tertiary/aromatic N) is 8. The molecule has 0 N–H and O–H groups in total. The minimum atomic E-state index is 0.442. The number of aromatic nitrogens is 4. The van der Waals surface area contributed by atoms with E-state index in [1.165, 1.54) is 0 Å². The van der Waals surface area contributed by atoms with Crippen molar-refractivity contribution < 1.29 is 0 Å². The SMILES string of the molecule is [C-]#[N+]c1cccc(-c2cc(-c3nc(-c4ccccc4)nc(-c4ccccc4)n3)cc(-c3cccc(C#N)c3)c2-n2c3ccc(C#N)cc3c3cc([N+]#[C-])ccc32)c1. The zero-order valence-electron chi connectivity index (χ0n) is 30.1. The molecule has 7 aromatic carbocycles. The predicted molar refractivity (Wildman–Crippen MR) is 223 cm³/mol. The third-order valence-electron chi connectivity index (χ3n) is 9.89. The molecule has 2 aromatic heterocycles. The molecule has 0 unspecified atom stereocenters. The molecule has 0 saturated carbocycles. The molecule has 262 valence electrons. The molecule has 2 heterocycles. The van der Waals surface area contributed by atoms with E-state index in [2.05, 4.69) is 26.4 Å². The summed E-state index contributed by atoms with van der Waals surface area (Å²) in [7, 11) is 0. The van der Waals surface area contributed by atoms with Crippen LogP contribution in [0.25, 0.3) is 93.6 Å². The first-order valence-electron chi connectivity index (χ1n) is 17.9. The molecule has 0 radical (unpaired) electrons. The maximum Gasteiger partial charge on any atom is 0.188 e. The van der Waals surface area contributed by atoms with Gasteiger partial charge < -0.3 is 4.57 Å². The fourth-order valence-electron chi connectivity index (χ4n) is 7.27. The van der Waals surface area contributed by atoms with Crippen molar-refractivity contribution in [1.82, 2.24) is 19.5 Å². The van der Waals surface area contributed by atoms with E-state index in [9.17, 15) is 10.5 Å². The highest BCUT2D eigenvalue weighted by atomic mass is 15.0. The van der Waals surface area contributed by atoms with Gasteiger partial charge in [-0.2, -0.15) is 10.5 Å². The lowest BCUT2D eigenvalue weighted by atomic mass is 9.91. The van der Waals surface area contributed by atoms with Crippen molar-refractivity contribution in [2.75, 3.05) is 0 Å². The fraction of sp³-hybridized carbons (Fsp3) is 0. The maximum atomic E-state index is 10.1. The lowest BCUT2D eigenvalue weighted by Gasteiger charge is -2.21. The predicted octanol–water partition coefficient (Wildman–Crippen LogP) is 12.1. The van der Waals surface area contributed by atoms with Crippen molar-refractivity contribution >= 4 is 33.2 Å². The Balaban J connectivity index is 1.45. The fourth-order valence-corrected chi connectivity index (χ4v) is 7.27. The third-order valence-corrected chi connectivity index (χ3v) is 9.89. The van der Waals surface area contributed by atoms with E-state index in [1.54, 1.807) is 24.3 Å². The normalized spacial score (nSPS) is 10.7. The van der Waals surface area contributed by atoms with E-state index in [4.69, 9.17) is 28.1 Å². The highest BCUT2D eigenvalue weighted by Crippen LogP contribution is 2.45. The summed E-state index contributed by atoms with van der Waals surface area (Å²) in [5.41, 5.74) is 9.80. The highest BCUT2D eigenvalue weighted by Gasteiger charge is 2.24. The van der Waals surface area contributed by atoms with Gasteiger partial charge in [-0.15, -0.1) is 0 Å². The quantitative estimate of drug-likeness (QED) is 0.159. The van der Waals surface area contributed by atoms with Crippen molar-refractivity contribution in [2.45, 2.75) is 0 Å². The van der Waals surface area contributed by atoms with Gasteiger partial charge in [-0.3, -0.25) is 0 Å². The molecule has 0 saturated heterocycles. The smallest absolute Gasteiger partial charge is 0.188 e. The van der Waals surface area contributed by atoms with Gasteiger partial charge in [-0.1, -0.05) is 97.1 Å². The largest absolute Gasteiger partial charge is 0.308 e. The van der Waals surface area contributed by atoms with Crippen LogP contribution in [0.2, 0.25) is 0 Å². The van der Waals surface area contributed by atoms with E-state index in [1.807, 2.05) is 133 Å². The minimum Gasteiger partial charge on any atom is -0.308 e. The number of fused-ring (bicyclic) bond motifs is 3. The molecule has 8 heteroatoms. The Labute approximate surface area is 328 Å². The summed E-state index contributed by atoms with van der Waals surface area (Å²) in [5, 5.41) is 21.6. The van der Waals surface area contributed by atoms with Crippen LogP contribution in [-0.2, 0) is 0 Å². The average molecular weight is 727 g/mol. The molecule has 0 fully saturated rings. The molecule has 0 amide bonds. The maximum absolute atomic E-state index is 10.1. The van der Waals surface area contributed by atoms with Crippen LogP contribution in [0.15, 0.2) is 158 Å². The van der Waals surface area contributed by atoms with Crippen LogP contribution in [0.5, 0.6) is 0 Å². The van der Waals surface area contributed by atoms with Gasteiger partial charge in [0.15, 0.2) is 28.8 Å². The number of hydrogen-bond donors (Lipinski definition) is 0. The first-order chi connectivity index (χ1) is 28.0. The molecular weight excluding hydrogens is 701 g/mol. The monoisotopic (exact) mass is 726 g/mol. The van der Waals surface area contributed by atoms with Crippen LogP contribution in [0.3, 0.4) is 0 Å². The molecule has 9 rings (SSSR count). The summed E-state index contributed by atoms with van der Waals surface area (Å²) in [6.45, 7) is 15.7. The van der Waals surface area contributed by atoms with Gasteiger partial charge in [0.2, 0.25) is 0 Å². The second-order valence-corrected chi connectivity index (χ2v) is 13.3. The molecule has 57 heavy (non-hydrogen) atoms. The van der Waals surface area contributed by atoms with Crippen molar-refractivity contribution in [1.29, 1.82) is 10.5 Å². The van der Waals surface area contributed by atoms with Crippen molar-refractivity contribution in [3.05, 3.63) is 192 Å². The first-order valence-corrected chi connectivity index (χ1v) is 17.9. The molecule has 0 bridgehead atoms. The number of hydrogen-bond acceptors (Lipinski definition) is 5. The Hall–Kier alpha value is -8.69. The summed E-state index contributed by atoms with van der Waals surface area (Å²) in [4.78, 5) is 22.6. The van der Waals surface area contributed by atoms with Crippen LogP contribution in [0, 0.1) is 35.8 Å². The summed E-state index contributed by atoms with van der Waals surface area (Å²) in [5.74, 6) is 1.47. The highest BCUT2D eigenvalue weighted by molar-refractivity contribution is 6.12. The lowest BCUT2D eigenvalue weighted by Crippen LogP contribution is -2.04. The molecule has 0 aliphatic rings. The van der Waals surface area contributed by atoms with E-state index >= 15 is 0 Å².